The van der Waals surface area contributed by atoms with Crippen LogP contribution in [-0.4, -0.2) is 28.4 Å². The molecule has 158 valence electrons. The zero-order valence-corrected chi connectivity index (χ0v) is 18.4. The van der Waals surface area contributed by atoms with E-state index in [1.54, 1.807) is 6.92 Å². The van der Waals surface area contributed by atoms with Gasteiger partial charge < -0.3 is 5.32 Å². The Morgan fingerprint density at radius 1 is 1.00 bits per heavy atom. The Morgan fingerprint density at radius 2 is 1.77 bits per heavy atom. The van der Waals surface area contributed by atoms with Crippen molar-refractivity contribution in [3.63, 3.8) is 0 Å². The van der Waals surface area contributed by atoms with Gasteiger partial charge in [-0.15, -0.1) is 0 Å². The number of aryl methyl sites for hydroxylation is 2. The van der Waals surface area contributed by atoms with Crippen LogP contribution in [0.5, 0.6) is 0 Å². The smallest absolute Gasteiger partial charge is 0.244 e. The summed E-state index contributed by atoms with van der Waals surface area (Å²) in [5.41, 5.74) is 3.75. The van der Waals surface area contributed by atoms with Crippen LogP contribution >= 0.6 is 0 Å². The van der Waals surface area contributed by atoms with E-state index in [1.165, 1.54) is 3.97 Å². The van der Waals surface area contributed by atoms with Crippen LogP contribution in [0.15, 0.2) is 60.7 Å². The molecule has 2 aromatic heterocycles. The molecule has 1 aliphatic rings. The number of nitrogens with zero attached hydrogens (tertiary/aromatic N) is 3. The van der Waals surface area contributed by atoms with Crippen molar-refractivity contribution in [1.82, 2.24) is 13.9 Å². The monoisotopic (exact) mass is 432 g/mol. The van der Waals surface area contributed by atoms with Gasteiger partial charge in [-0.25, -0.2) is 22.4 Å². The van der Waals surface area contributed by atoms with Crippen molar-refractivity contribution in [3.05, 3.63) is 77.5 Å². The normalized spacial score (nSPS) is 14.1. The third-order valence-corrected chi connectivity index (χ3v) is 7.17. The second-order valence-corrected chi connectivity index (χ2v) is 10.0. The highest BCUT2D eigenvalue weighted by molar-refractivity contribution is 7.89. The van der Waals surface area contributed by atoms with Crippen molar-refractivity contribution in [2.45, 2.75) is 38.5 Å². The van der Waals surface area contributed by atoms with Gasteiger partial charge in [0, 0.05) is 17.3 Å². The zero-order chi connectivity index (χ0) is 21.6. The first-order chi connectivity index (χ1) is 14.9. The van der Waals surface area contributed by atoms with Gasteiger partial charge in [0.05, 0.1) is 11.1 Å². The van der Waals surface area contributed by atoms with Crippen LogP contribution in [0.2, 0.25) is 0 Å². The molecule has 0 bridgehead atoms. The van der Waals surface area contributed by atoms with Crippen molar-refractivity contribution in [2.75, 3.05) is 5.32 Å². The van der Waals surface area contributed by atoms with Crippen LogP contribution in [0, 0.1) is 13.8 Å². The summed E-state index contributed by atoms with van der Waals surface area (Å²) in [6.45, 7) is 3.82. The number of hydrogen-bond acceptors (Lipinski definition) is 5. The quantitative estimate of drug-likeness (QED) is 0.479. The second-order valence-electron chi connectivity index (χ2n) is 8.21. The highest BCUT2D eigenvalue weighted by atomic mass is 32.2. The molecular formula is C24H24N4O2S. The van der Waals surface area contributed by atoms with Crippen molar-refractivity contribution in [1.29, 1.82) is 0 Å². The standard InChI is InChI=1S/C24H24N4O2S/c1-16-7-6-10-19(13-16)22-26-23(25-20-11-12-20)21-14-17(2)28(24(21)27-22)31(29,30)15-18-8-4-3-5-9-18/h3-10,13-14,20H,11-12,15H2,1-2H3,(H,25,26,27). The van der Waals surface area contributed by atoms with E-state index in [-0.39, 0.29) is 5.75 Å². The molecule has 1 fully saturated rings. The molecule has 0 saturated heterocycles. The van der Waals surface area contributed by atoms with Crippen molar-refractivity contribution in [3.8, 4) is 11.4 Å². The summed E-state index contributed by atoms with van der Waals surface area (Å²) in [5, 5.41) is 4.20. The lowest BCUT2D eigenvalue weighted by Crippen LogP contribution is -2.17. The van der Waals surface area contributed by atoms with E-state index in [1.807, 2.05) is 67.6 Å². The lowest BCUT2D eigenvalue weighted by atomic mass is 10.1. The maximum absolute atomic E-state index is 13.4. The lowest BCUT2D eigenvalue weighted by Gasteiger charge is -2.12. The lowest BCUT2D eigenvalue weighted by molar-refractivity contribution is 0.587. The van der Waals surface area contributed by atoms with E-state index in [4.69, 9.17) is 9.97 Å². The summed E-state index contributed by atoms with van der Waals surface area (Å²) in [5.74, 6) is 1.13. The van der Waals surface area contributed by atoms with E-state index in [2.05, 4.69) is 5.32 Å². The molecule has 2 heterocycles. The molecule has 0 amide bonds. The van der Waals surface area contributed by atoms with Gasteiger partial charge in [-0.3, -0.25) is 0 Å². The summed E-state index contributed by atoms with van der Waals surface area (Å²) in [6, 6.07) is 19.4. The average Bonchev–Trinajstić information content (AvgIpc) is 3.47. The molecule has 31 heavy (non-hydrogen) atoms. The summed E-state index contributed by atoms with van der Waals surface area (Å²) in [7, 11) is -3.67. The molecule has 1 aliphatic carbocycles. The minimum absolute atomic E-state index is 0.0897. The number of rotatable bonds is 6. The van der Waals surface area contributed by atoms with E-state index in [0.717, 1.165) is 34.9 Å². The fourth-order valence-corrected chi connectivity index (χ4v) is 5.46. The van der Waals surface area contributed by atoms with E-state index in [9.17, 15) is 8.42 Å². The van der Waals surface area contributed by atoms with Gasteiger partial charge in [-0.1, -0.05) is 54.1 Å². The maximum Gasteiger partial charge on any atom is 0.244 e. The van der Waals surface area contributed by atoms with Gasteiger partial charge in [-0.2, -0.15) is 0 Å². The Hall–Kier alpha value is -3.19. The van der Waals surface area contributed by atoms with Crippen molar-refractivity contribution < 1.29 is 8.42 Å². The number of fused-ring (bicyclic) bond motifs is 1. The van der Waals surface area contributed by atoms with E-state index < -0.39 is 10.0 Å². The molecule has 6 nitrogen and oxygen atoms in total. The fraction of sp³-hybridized carbons (Fsp3) is 0.250. The van der Waals surface area contributed by atoms with E-state index in [0.29, 0.717) is 29.0 Å². The van der Waals surface area contributed by atoms with Crippen LogP contribution in [0.1, 0.15) is 29.7 Å². The Bertz CT molecular complexity index is 1370. The molecule has 0 radical (unpaired) electrons. The first-order valence-corrected chi connectivity index (χ1v) is 12.0. The number of hydrogen-bond donors (Lipinski definition) is 1. The van der Waals surface area contributed by atoms with Gasteiger partial charge in [0.15, 0.2) is 11.5 Å². The third-order valence-electron chi connectivity index (χ3n) is 5.46. The molecule has 0 unspecified atom stereocenters. The largest absolute Gasteiger partial charge is 0.367 e. The molecule has 7 heteroatoms. The average molecular weight is 433 g/mol. The van der Waals surface area contributed by atoms with E-state index >= 15 is 0 Å². The van der Waals surface area contributed by atoms with Gasteiger partial charge in [0.25, 0.3) is 0 Å². The fourth-order valence-electron chi connectivity index (χ4n) is 3.82. The topological polar surface area (TPSA) is 76.9 Å². The summed E-state index contributed by atoms with van der Waals surface area (Å²) in [4.78, 5) is 9.52. The van der Waals surface area contributed by atoms with Gasteiger partial charge >= 0.3 is 0 Å². The predicted molar refractivity (Wildman–Crippen MR) is 124 cm³/mol. The van der Waals surface area contributed by atoms with Gasteiger partial charge in [0.2, 0.25) is 10.0 Å². The minimum Gasteiger partial charge on any atom is -0.367 e. The predicted octanol–water partition coefficient (Wildman–Crippen LogP) is 4.67. The number of aromatic nitrogens is 3. The van der Waals surface area contributed by atoms with Gasteiger partial charge in [0.1, 0.15) is 5.82 Å². The SMILES string of the molecule is Cc1cccc(-c2nc(NC3CC3)c3cc(C)n(S(=O)(=O)Cc4ccccc4)c3n2)c1. The summed E-state index contributed by atoms with van der Waals surface area (Å²) < 4.78 is 28.2. The van der Waals surface area contributed by atoms with Gasteiger partial charge in [-0.05, 0) is 44.4 Å². The molecule has 1 N–H and O–H groups in total. The Balaban J connectivity index is 1.70. The minimum atomic E-state index is -3.67. The molecular weight excluding hydrogens is 408 g/mol. The molecule has 5 rings (SSSR count). The highest BCUT2D eigenvalue weighted by Gasteiger charge is 2.27. The second kappa shape index (κ2) is 7.50. The Kier molecular flexibility index (Phi) is 4.78. The Labute approximate surface area is 182 Å². The van der Waals surface area contributed by atoms with Crippen LogP contribution in [0.25, 0.3) is 22.4 Å². The zero-order valence-electron chi connectivity index (χ0n) is 17.5. The van der Waals surface area contributed by atoms with Crippen molar-refractivity contribution >= 4 is 26.9 Å². The highest BCUT2D eigenvalue weighted by Crippen LogP contribution is 2.33. The number of nitrogens with one attached hydrogen (secondary N) is 1. The molecule has 0 aliphatic heterocycles. The van der Waals surface area contributed by atoms with Crippen LogP contribution in [0.3, 0.4) is 0 Å². The summed E-state index contributed by atoms with van der Waals surface area (Å²) >= 11 is 0. The molecule has 0 atom stereocenters. The first kappa shape index (κ1) is 19.8. The Morgan fingerprint density at radius 3 is 2.48 bits per heavy atom. The molecule has 4 aromatic rings. The summed E-state index contributed by atoms with van der Waals surface area (Å²) in [6.07, 6.45) is 2.19. The number of anilines is 1. The van der Waals surface area contributed by atoms with Crippen LogP contribution in [0.4, 0.5) is 5.82 Å². The molecule has 1 saturated carbocycles. The maximum atomic E-state index is 13.4. The van der Waals surface area contributed by atoms with Crippen LogP contribution in [-0.2, 0) is 15.8 Å². The first-order valence-electron chi connectivity index (χ1n) is 10.4. The van der Waals surface area contributed by atoms with Crippen molar-refractivity contribution in [2.24, 2.45) is 0 Å². The molecule has 2 aromatic carbocycles. The molecule has 0 spiro atoms. The van der Waals surface area contributed by atoms with Crippen LogP contribution < -0.4 is 5.32 Å². The third kappa shape index (κ3) is 3.93. The number of benzene rings is 2.